The Morgan fingerprint density at radius 1 is 1.50 bits per heavy atom. The summed E-state index contributed by atoms with van der Waals surface area (Å²) in [4.78, 5) is 1.66. The van der Waals surface area contributed by atoms with E-state index in [9.17, 15) is 12.8 Å². The molecule has 0 unspecified atom stereocenters. The van der Waals surface area contributed by atoms with Crippen LogP contribution < -0.4 is 10.5 Å². The first-order chi connectivity index (χ1) is 9.31. The molecular weight excluding hydrogens is 349 g/mol. The van der Waals surface area contributed by atoms with Crippen molar-refractivity contribution in [2.45, 2.75) is 23.8 Å². The molecule has 5 nitrogen and oxygen atoms in total. The van der Waals surface area contributed by atoms with E-state index in [1.165, 1.54) is 6.07 Å². The van der Waals surface area contributed by atoms with E-state index in [0.29, 0.717) is 12.6 Å². The number of nitrogens with one attached hydrogen (secondary N) is 1. The number of benzene rings is 1. The molecule has 3 N–H and O–H groups in total. The molecule has 0 amide bonds. The summed E-state index contributed by atoms with van der Waals surface area (Å²) < 4.78 is 40.5. The van der Waals surface area contributed by atoms with Crippen molar-refractivity contribution in [2.75, 3.05) is 25.9 Å². The van der Waals surface area contributed by atoms with Gasteiger partial charge in [0.05, 0.1) is 4.47 Å². The van der Waals surface area contributed by atoms with Gasteiger partial charge in [-0.2, -0.15) is 0 Å². The second-order valence-electron chi connectivity index (χ2n) is 4.92. The fraction of sp³-hybridized carbons (Fsp3) is 0.500. The van der Waals surface area contributed by atoms with E-state index >= 15 is 0 Å². The SMILES string of the molecule is CN(CCNS(=O)(=O)c1cc(N)cc(Br)c1F)C1CC1. The molecule has 0 bridgehead atoms. The minimum atomic E-state index is -3.90. The maximum absolute atomic E-state index is 13.9. The van der Waals surface area contributed by atoms with Crippen molar-refractivity contribution in [2.24, 2.45) is 0 Å². The van der Waals surface area contributed by atoms with Crippen molar-refractivity contribution in [3.63, 3.8) is 0 Å². The molecule has 1 aliphatic rings. The molecule has 0 aromatic heterocycles. The summed E-state index contributed by atoms with van der Waals surface area (Å²) in [5.74, 6) is -0.831. The maximum Gasteiger partial charge on any atom is 0.243 e. The van der Waals surface area contributed by atoms with Gasteiger partial charge in [0, 0.05) is 24.8 Å². The lowest BCUT2D eigenvalue weighted by molar-refractivity contribution is 0.329. The summed E-state index contributed by atoms with van der Waals surface area (Å²) in [6.07, 6.45) is 2.31. The van der Waals surface area contributed by atoms with Crippen LogP contribution in [0.15, 0.2) is 21.5 Å². The Hall–Kier alpha value is -0.700. The molecule has 1 fully saturated rings. The van der Waals surface area contributed by atoms with Crippen LogP contribution in [0.1, 0.15) is 12.8 Å². The van der Waals surface area contributed by atoms with E-state index < -0.39 is 20.7 Å². The number of likely N-dealkylation sites (N-methyl/N-ethyl adjacent to an activating group) is 1. The van der Waals surface area contributed by atoms with Crippen LogP contribution in [0.25, 0.3) is 0 Å². The fourth-order valence-corrected chi connectivity index (χ4v) is 3.67. The molecule has 0 heterocycles. The first-order valence-corrected chi connectivity index (χ1v) is 8.53. The Kier molecular flexibility index (Phi) is 4.68. The lowest BCUT2D eigenvalue weighted by atomic mass is 10.3. The van der Waals surface area contributed by atoms with Crippen LogP contribution in [0.3, 0.4) is 0 Å². The third-order valence-electron chi connectivity index (χ3n) is 3.23. The molecule has 8 heteroatoms. The van der Waals surface area contributed by atoms with Crippen LogP contribution in [-0.4, -0.2) is 39.5 Å². The Morgan fingerprint density at radius 3 is 2.75 bits per heavy atom. The lowest BCUT2D eigenvalue weighted by Crippen LogP contribution is -2.34. The minimum absolute atomic E-state index is 0.0352. The molecule has 1 aromatic carbocycles. The number of halogens is 2. The molecule has 0 saturated heterocycles. The van der Waals surface area contributed by atoms with Gasteiger partial charge >= 0.3 is 0 Å². The van der Waals surface area contributed by atoms with Crippen LogP contribution >= 0.6 is 15.9 Å². The summed E-state index contributed by atoms with van der Waals surface area (Å²) in [5.41, 5.74) is 5.74. The predicted molar refractivity (Wildman–Crippen MR) is 79.4 cm³/mol. The molecule has 0 aliphatic heterocycles. The molecule has 1 aliphatic carbocycles. The number of nitrogens with zero attached hydrogens (tertiary/aromatic N) is 1. The highest BCUT2D eigenvalue weighted by Gasteiger charge is 2.26. The first-order valence-electron chi connectivity index (χ1n) is 6.25. The van der Waals surface area contributed by atoms with Crippen molar-refractivity contribution in [1.29, 1.82) is 0 Å². The number of anilines is 1. The quantitative estimate of drug-likeness (QED) is 0.749. The van der Waals surface area contributed by atoms with Crippen molar-refractivity contribution >= 4 is 31.6 Å². The van der Waals surface area contributed by atoms with Crippen LogP contribution in [0.4, 0.5) is 10.1 Å². The fourth-order valence-electron chi connectivity index (χ4n) is 1.91. The van der Waals surface area contributed by atoms with Gasteiger partial charge < -0.3 is 10.6 Å². The molecule has 2 rings (SSSR count). The van der Waals surface area contributed by atoms with Crippen LogP contribution in [0, 0.1) is 5.82 Å². The Balaban J connectivity index is 2.06. The third-order valence-corrected chi connectivity index (χ3v) is 5.27. The maximum atomic E-state index is 13.9. The van der Waals surface area contributed by atoms with E-state index in [4.69, 9.17) is 5.73 Å². The smallest absolute Gasteiger partial charge is 0.243 e. The van der Waals surface area contributed by atoms with E-state index in [-0.39, 0.29) is 16.7 Å². The van der Waals surface area contributed by atoms with Gasteiger partial charge in [-0.05, 0) is 48.0 Å². The van der Waals surface area contributed by atoms with Crippen molar-refractivity contribution in [3.05, 3.63) is 22.4 Å². The summed E-state index contributed by atoms with van der Waals surface area (Å²) in [7, 11) is -1.95. The van der Waals surface area contributed by atoms with Gasteiger partial charge in [0.25, 0.3) is 0 Å². The molecule has 0 atom stereocenters. The van der Waals surface area contributed by atoms with Crippen molar-refractivity contribution < 1.29 is 12.8 Å². The normalized spacial score (nSPS) is 15.8. The highest BCUT2D eigenvalue weighted by molar-refractivity contribution is 9.10. The largest absolute Gasteiger partial charge is 0.399 e. The average molecular weight is 366 g/mol. The number of hydrogen-bond acceptors (Lipinski definition) is 4. The standard InChI is InChI=1S/C12H17BrFN3O2S/c1-17(9-2-3-9)5-4-16-20(18,19)11-7-8(15)6-10(13)12(11)14/h6-7,9,16H,2-5,15H2,1H3. The zero-order chi connectivity index (χ0) is 14.9. The van der Waals surface area contributed by atoms with E-state index in [0.717, 1.165) is 18.9 Å². The summed E-state index contributed by atoms with van der Waals surface area (Å²) >= 11 is 2.95. The molecule has 1 saturated carbocycles. The number of hydrogen-bond donors (Lipinski definition) is 2. The lowest BCUT2D eigenvalue weighted by Gasteiger charge is -2.16. The van der Waals surface area contributed by atoms with Gasteiger partial charge in [-0.15, -0.1) is 0 Å². The molecule has 20 heavy (non-hydrogen) atoms. The Bertz CT molecular complexity index is 605. The molecule has 0 spiro atoms. The Labute approximate surface area is 126 Å². The van der Waals surface area contributed by atoms with E-state index in [2.05, 4.69) is 25.6 Å². The summed E-state index contributed by atoms with van der Waals surface area (Å²) in [6, 6.07) is 3.00. The highest BCUT2D eigenvalue weighted by Crippen LogP contribution is 2.26. The van der Waals surface area contributed by atoms with E-state index in [1.807, 2.05) is 7.05 Å². The topological polar surface area (TPSA) is 75.4 Å². The number of nitrogen functional groups attached to an aromatic ring is 1. The highest BCUT2D eigenvalue weighted by atomic mass is 79.9. The average Bonchev–Trinajstić information content (AvgIpc) is 3.17. The first kappa shape index (κ1) is 15.7. The summed E-state index contributed by atoms with van der Waals surface area (Å²) in [6.45, 7) is 0.830. The minimum Gasteiger partial charge on any atom is -0.399 e. The molecule has 1 aromatic rings. The Morgan fingerprint density at radius 2 is 2.15 bits per heavy atom. The number of sulfonamides is 1. The van der Waals surface area contributed by atoms with Crippen LogP contribution in [0.2, 0.25) is 0 Å². The number of rotatable bonds is 6. The second-order valence-corrected chi connectivity index (χ2v) is 7.51. The van der Waals surface area contributed by atoms with Crippen LogP contribution in [-0.2, 0) is 10.0 Å². The summed E-state index contributed by atoms with van der Waals surface area (Å²) in [5, 5.41) is 0. The monoisotopic (exact) mass is 365 g/mol. The molecule has 0 radical (unpaired) electrons. The zero-order valence-electron chi connectivity index (χ0n) is 11.1. The van der Waals surface area contributed by atoms with Gasteiger partial charge in [0.15, 0.2) is 5.82 Å². The van der Waals surface area contributed by atoms with Crippen molar-refractivity contribution in [1.82, 2.24) is 9.62 Å². The molecular formula is C12H17BrFN3O2S. The van der Waals surface area contributed by atoms with E-state index in [1.54, 1.807) is 0 Å². The molecule has 112 valence electrons. The predicted octanol–water partition coefficient (Wildman–Crippen LogP) is 1.54. The third kappa shape index (κ3) is 3.69. The van der Waals surface area contributed by atoms with Gasteiger partial charge in [-0.1, -0.05) is 0 Å². The van der Waals surface area contributed by atoms with Crippen molar-refractivity contribution in [3.8, 4) is 0 Å². The number of nitrogens with two attached hydrogens (primary N) is 1. The van der Waals surface area contributed by atoms with Gasteiger partial charge in [-0.25, -0.2) is 17.5 Å². The van der Waals surface area contributed by atoms with Gasteiger partial charge in [0.2, 0.25) is 10.0 Å². The van der Waals surface area contributed by atoms with Crippen LogP contribution in [0.5, 0.6) is 0 Å². The van der Waals surface area contributed by atoms with Gasteiger partial charge in [0.1, 0.15) is 4.90 Å². The van der Waals surface area contributed by atoms with Gasteiger partial charge in [-0.3, -0.25) is 0 Å². The second kappa shape index (κ2) is 5.97. The zero-order valence-corrected chi connectivity index (χ0v) is 13.5.